The normalized spacial score (nSPS) is 45.0. The standard InChI is InChI=1S/C21H34O3/c1-19(12-13-22)11-8-16-15(14-19)6-7-17-20(16,2)9-5-10-21(17,3)18(23)24-4/h14,16-17,22H,5-13H2,1-4H3/t16-,17?,19+,20+,21+/m0/s1. The number of esters is 1. The van der Waals surface area contributed by atoms with E-state index in [9.17, 15) is 9.90 Å². The minimum atomic E-state index is -0.320. The van der Waals surface area contributed by atoms with Crippen LogP contribution in [0.15, 0.2) is 11.6 Å². The number of fused-ring (bicyclic) bond motifs is 3. The van der Waals surface area contributed by atoms with E-state index in [-0.39, 0.29) is 28.8 Å². The van der Waals surface area contributed by atoms with Crippen LogP contribution in [0.2, 0.25) is 0 Å². The number of allylic oxidation sites excluding steroid dienone is 2. The molecule has 0 spiro atoms. The molecule has 3 aliphatic carbocycles. The molecule has 1 N–H and O–H groups in total. The number of methoxy groups -OCH3 is 1. The third-order valence-electron chi connectivity index (χ3n) is 7.81. The Kier molecular flexibility index (Phi) is 4.61. The van der Waals surface area contributed by atoms with Crippen LogP contribution in [0.5, 0.6) is 0 Å². The van der Waals surface area contributed by atoms with Gasteiger partial charge in [0.15, 0.2) is 0 Å². The minimum Gasteiger partial charge on any atom is -0.469 e. The lowest BCUT2D eigenvalue weighted by Gasteiger charge is -2.59. The quantitative estimate of drug-likeness (QED) is 0.611. The molecule has 2 saturated carbocycles. The molecule has 3 rings (SSSR count). The summed E-state index contributed by atoms with van der Waals surface area (Å²) in [4.78, 5) is 12.6. The van der Waals surface area contributed by atoms with Crippen molar-refractivity contribution < 1.29 is 14.6 Å². The highest BCUT2D eigenvalue weighted by Crippen LogP contribution is 2.64. The van der Waals surface area contributed by atoms with E-state index < -0.39 is 0 Å². The molecule has 0 saturated heterocycles. The van der Waals surface area contributed by atoms with E-state index in [2.05, 4.69) is 26.8 Å². The summed E-state index contributed by atoms with van der Waals surface area (Å²) in [7, 11) is 1.54. The van der Waals surface area contributed by atoms with Crippen LogP contribution in [-0.4, -0.2) is 24.8 Å². The molecule has 3 aliphatic rings. The second kappa shape index (κ2) is 6.16. The first kappa shape index (κ1) is 18.0. The minimum absolute atomic E-state index is 0.00761. The molecule has 0 aromatic rings. The number of rotatable bonds is 3. The van der Waals surface area contributed by atoms with Crippen LogP contribution >= 0.6 is 0 Å². The van der Waals surface area contributed by atoms with Crippen LogP contribution < -0.4 is 0 Å². The maximum atomic E-state index is 12.6. The molecule has 5 atom stereocenters. The molecule has 3 heteroatoms. The summed E-state index contributed by atoms with van der Waals surface area (Å²) in [5.41, 5.74) is 1.65. The van der Waals surface area contributed by atoms with Gasteiger partial charge < -0.3 is 9.84 Å². The summed E-state index contributed by atoms with van der Waals surface area (Å²) in [6.07, 6.45) is 11.2. The number of carbonyl (C=O) groups is 1. The van der Waals surface area contributed by atoms with Crippen molar-refractivity contribution in [2.24, 2.45) is 28.1 Å². The van der Waals surface area contributed by atoms with Gasteiger partial charge in [0.25, 0.3) is 0 Å². The number of hydrogen-bond donors (Lipinski definition) is 1. The Morgan fingerprint density at radius 1 is 1.25 bits per heavy atom. The molecule has 0 aliphatic heterocycles. The predicted molar refractivity (Wildman–Crippen MR) is 95.4 cm³/mol. The first-order valence-electron chi connectivity index (χ1n) is 9.70. The summed E-state index contributed by atoms with van der Waals surface area (Å²) in [5.74, 6) is 1.02. The molecule has 2 fully saturated rings. The largest absolute Gasteiger partial charge is 0.469 e. The number of hydrogen-bond acceptors (Lipinski definition) is 3. The molecule has 0 amide bonds. The summed E-state index contributed by atoms with van der Waals surface area (Å²) in [6.45, 7) is 7.14. The first-order valence-corrected chi connectivity index (χ1v) is 9.70. The third kappa shape index (κ3) is 2.64. The van der Waals surface area contributed by atoms with Crippen molar-refractivity contribution in [1.82, 2.24) is 0 Å². The Labute approximate surface area is 146 Å². The first-order chi connectivity index (χ1) is 11.3. The van der Waals surface area contributed by atoms with Gasteiger partial charge in [-0.25, -0.2) is 0 Å². The van der Waals surface area contributed by atoms with Crippen molar-refractivity contribution in [3.05, 3.63) is 11.6 Å². The van der Waals surface area contributed by atoms with Gasteiger partial charge >= 0.3 is 5.97 Å². The zero-order chi connectivity index (χ0) is 17.6. The van der Waals surface area contributed by atoms with Crippen molar-refractivity contribution in [3.63, 3.8) is 0 Å². The lowest BCUT2D eigenvalue weighted by Crippen LogP contribution is -2.54. The molecule has 0 aromatic carbocycles. The smallest absolute Gasteiger partial charge is 0.311 e. The average molecular weight is 335 g/mol. The second-order valence-electron chi connectivity index (χ2n) is 9.30. The lowest BCUT2D eigenvalue weighted by molar-refractivity contribution is -0.168. The molecule has 0 aromatic heterocycles. The Balaban J connectivity index is 1.93. The van der Waals surface area contributed by atoms with Crippen LogP contribution in [-0.2, 0) is 9.53 Å². The molecule has 136 valence electrons. The van der Waals surface area contributed by atoms with E-state index in [1.54, 1.807) is 5.57 Å². The fourth-order valence-electron chi connectivity index (χ4n) is 6.50. The van der Waals surface area contributed by atoms with Crippen LogP contribution in [0.3, 0.4) is 0 Å². The van der Waals surface area contributed by atoms with E-state index >= 15 is 0 Å². The van der Waals surface area contributed by atoms with Gasteiger partial charge in [-0.15, -0.1) is 0 Å². The Morgan fingerprint density at radius 2 is 2.00 bits per heavy atom. The summed E-state index contributed by atoms with van der Waals surface area (Å²) in [6, 6.07) is 0. The van der Waals surface area contributed by atoms with Crippen molar-refractivity contribution in [2.45, 2.75) is 72.1 Å². The monoisotopic (exact) mass is 334 g/mol. The topological polar surface area (TPSA) is 46.5 Å². The van der Waals surface area contributed by atoms with Crippen LogP contribution in [0.4, 0.5) is 0 Å². The SMILES string of the molecule is COC(=O)[C@]1(C)CCC[C@@]2(C)C1CCC1=C[C@@](C)(CCO)CC[C@@H]12. The molecule has 0 radical (unpaired) electrons. The summed E-state index contributed by atoms with van der Waals surface area (Å²) in [5, 5.41) is 9.39. The van der Waals surface area contributed by atoms with Crippen molar-refractivity contribution in [2.75, 3.05) is 13.7 Å². The molecule has 0 heterocycles. The van der Waals surface area contributed by atoms with Crippen molar-refractivity contribution in [1.29, 1.82) is 0 Å². The van der Waals surface area contributed by atoms with Gasteiger partial charge in [0.1, 0.15) is 0 Å². The highest BCUT2D eigenvalue weighted by atomic mass is 16.5. The third-order valence-corrected chi connectivity index (χ3v) is 7.81. The van der Waals surface area contributed by atoms with E-state index in [4.69, 9.17) is 4.74 Å². The van der Waals surface area contributed by atoms with Gasteiger partial charge in [0.05, 0.1) is 12.5 Å². The fourth-order valence-corrected chi connectivity index (χ4v) is 6.50. The highest BCUT2D eigenvalue weighted by molar-refractivity contribution is 5.77. The summed E-state index contributed by atoms with van der Waals surface area (Å²) < 4.78 is 5.21. The van der Waals surface area contributed by atoms with Crippen LogP contribution in [0.1, 0.15) is 72.1 Å². The zero-order valence-electron chi connectivity index (χ0n) is 15.9. The number of ether oxygens (including phenoxy) is 1. The molecule has 0 bridgehead atoms. The highest BCUT2D eigenvalue weighted by Gasteiger charge is 2.58. The van der Waals surface area contributed by atoms with Crippen LogP contribution in [0.25, 0.3) is 0 Å². The maximum Gasteiger partial charge on any atom is 0.311 e. The van der Waals surface area contributed by atoms with Gasteiger partial charge in [-0.1, -0.05) is 31.9 Å². The average Bonchev–Trinajstić information content (AvgIpc) is 2.53. The molecular weight excluding hydrogens is 300 g/mol. The summed E-state index contributed by atoms with van der Waals surface area (Å²) >= 11 is 0. The maximum absolute atomic E-state index is 12.6. The molecule has 3 nitrogen and oxygen atoms in total. The Hall–Kier alpha value is -0.830. The van der Waals surface area contributed by atoms with Crippen LogP contribution in [0, 0.1) is 28.1 Å². The van der Waals surface area contributed by atoms with Crippen molar-refractivity contribution in [3.8, 4) is 0 Å². The predicted octanol–water partition coefficient (Wildman–Crippen LogP) is 4.49. The Bertz CT molecular complexity index is 539. The van der Waals surface area contributed by atoms with E-state index in [1.165, 1.54) is 20.0 Å². The molecule has 1 unspecified atom stereocenters. The second-order valence-corrected chi connectivity index (χ2v) is 9.30. The molecular formula is C21H34O3. The van der Waals surface area contributed by atoms with E-state index in [0.29, 0.717) is 11.8 Å². The van der Waals surface area contributed by atoms with E-state index in [0.717, 1.165) is 38.5 Å². The van der Waals surface area contributed by atoms with Crippen molar-refractivity contribution >= 4 is 5.97 Å². The number of aliphatic hydroxyl groups excluding tert-OH is 1. The lowest BCUT2D eigenvalue weighted by atomic mass is 9.45. The Morgan fingerprint density at radius 3 is 2.67 bits per heavy atom. The van der Waals surface area contributed by atoms with Gasteiger partial charge in [-0.05, 0) is 74.5 Å². The number of carbonyl (C=O) groups excluding carboxylic acids is 1. The van der Waals surface area contributed by atoms with E-state index in [1.807, 2.05) is 0 Å². The number of aliphatic hydroxyl groups is 1. The van der Waals surface area contributed by atoms with Gasteiger partial charge in [-0.2, -0.15) is 0 Å². The van der Waals surface area contributed by atoms with Gasteiger partial charge in [0.2, 0.25) is 0 Å². The molecule has 24 heavy (non-hydrogen) atoms. The van der Waals surface area contributed by atoms with Gasteiger partial charge in [-0.3, -0.25) is 4.79 Å². The van der Waals surface area contributed by atoms with Gasteiger partial charge in [0, 0.05) is 6.61 Å². The fraction of sp³-hybridized carbons (Fsp3) is 0.857. The zero-order valence-corrected chi connectivity index (χ0v) is 15.9.